The maximum Gasteiger partial charge on any atom is 0.323 e. The van der Waals surface area contributed by atoms with E-state index in [0.717, 1.165) is 33.3 Å². The van der Waals surface area contributed by atoms with Crippen LogP contribution in [0.15, 0.2) is 81.6 Å². The molecule has 0 unspecified atom stereocenters. The standard InChI is InChI=1S/C34H32BrNO6/c1-2-41-29-17-22(16-24(35)34(29)42-19-21-10-5-9-20-8-3-4-11-23(20)21)31-32-25(12-6-14-27(32)37)36(18-30(39)40)26-13-7-15-28(38)33(26)31/h3-5,8-11,16-17,31H,2,6-7,12-15,18-19H2,1H3,(H,39,40). The number of fused-ring (bicyclic) bond motifs is 1. The zero-order chi connectivity index (χ0) is 29.4. The van der Waals surface area contributed by atoms with E-state index in [4.69, 9.17) is 9.47 Å². The molecular formula is C34H32BrNO6. The highest BCUT2D eigenvalue weighted by Crippen LogP contribution is 2.51. The Labute approximate surface area is 252 Å². The Morgan fingerprint density at radius 1 is 0.929 bits per heavy atom. The second kappa shape index (κ2) is 11.8. The van der Waals surface area contributed by atoms with Crippen LogP contribution in [0.5, 0.6) is 11.5 Å². The third-order valence-corrected chi connectivity index (χ3v) is 8.89. The van der Waals surface area contributed by atoms with Crippen molar-refractivity contribution < 1.29 is 29.0 Å². The van der Waals surface area contributed by atoms with Crippen LogP contribution < -0.4 is 9.47 Å². The van der Waals surface area contributed by atoms with Crippen molar-refractivity contribution in [2.45, 2.75) is 58.0 Å². The summed E-state index contributed by atoms with van der Waals surface area (Å²) in [4.78, 5) is 40.6. The van der Waals surface area contributed by atoms with Crippen molar-refractivity contribution in [1.82, 2.24) is 4.90 Å². The van der Waals surface area contributed by atoms with Gasteiger partial charge >= 0.3 is 5.97 Å². The van der Waals surface area contributed by atoms with Crippen LogP contribution >= 0.6 is 15.9 Å². The number of allylic oxidation sites excluding steroid dienone is 4. The first-order valence-corrected chi connectivity index (χ1v) is 15.2. The molecule has 0 atom stereocenters. The van der Waals surface area contributed by atoms with Crippen LogP contribution in [-0.4, -0.2) is 40.7 Å². The summed E-state index contributed by atoms with van der Waals surface area (Å²) in [5.41, 5.74) is 4.34. The summed E-state index contributed by atoms with van der Waals surface area (Å²) in [6.45, 7) is 2.36. The molecule has 0 spiro atoms. The Kier molecular flexibility index (Phi) is 7.90. The van der Waals surface area contributed by atoms with Gasteiger partial charge in [-0.3, -0.25) is 14.4 Å². The molecule has 0 radical (unpaired) electrons. The molecule has 42 heavy (non-hydrogen) atoms. The van der Waals surface area contributed by atoms with E-state index in [9.17, 15) is 19.5 Å². The number of rotatable bonds is 8. The maximum atomic E-state index is 13.5. The normalized spacial score (nSPS) is 17.4. The lowest BCUT2D eigenvalue weighted by Gasteiger charge is -2.43. The Balaban J connectivity index is 1.44. The van der Waals surface area contributed by atoms with Crippen LogP contribution in [0.3, 0.4) is 0 Å². The largest absolute Gasteiger partial charge is 0.490 e. The van der Waals surface area contributed by atoms with E-state index in [-0.39, 0.29) is 18.1 Å². The second-order valence-corrected chi connectivity index (χ2v) is 11.7. The van der Waals surface area contributed by atoms with E-state index >= 15 is 0 Å². The van der Waals surface area contributed by atoms with Crippen LogP contribution in [0, 0.1) is 0 Å². The summed E-state index contributed by atoms with van der Waals surface area (Å²) in [6.07, 6.45) is 3.26. The number of hydrogen-bond acceptors (Lipinski definition) is 6. The SMILES string of the molecule is CCOc1cc(C2C3=C(CCCC3=O)N(CC(=O)O)C3=C2C(=O)CCC3)cc(Br)c1OCc1cccc2ccccc12. The number of Topliss-reactive ketones (excluding diaryl/α,β-unsaturated/α-hetero) is 2. The fraction of sp³-hybridized carbons (Fsp3) is 0.324. The van der Waals surface area contributed by atoms with Gasteiger partial charge in [-0.1, -0.05) is 42.5 Å². The van der Waals surface area contributed by atoms with E-state index in [2.05, 4.69) is 34.1 Å². The van der Waals surface area contributed by atoms with Crippen molar-refractivity contribution in [1.29, 1.82) is 0 Å². The van der Waals surface area contributed by atoms with Crippen LogP contribution in [0.25, 0.3) is 10.8 Å². The minimum Gasteiger partial charge on any atom is -0.490 e. The highest BCUT2D eigenvalue weighted by molar-refractivity contribution is 9.10. The Morgan fingerprint density at radius 3 is 2.26 bits per heavy atom. The summed E-state index contributed by atoms with van der Waals surface area (Å²) in [5, 5.41) is 12.0. The van der Waals surface area contributed by atoms with Gasteiger partial charge in [0.25, 0.3) is 0 Å². The van der Waals surface area contributed by atoms with E-state index in [1.54, 1.807) is 4.90 Å². The highest BCUT2D eigenvalue weighted by atomic mass is 79.9. The number of benzene rings is 3. The van der Waals surface area contributed by atoms with Gasteiger partial charge < -0.3 is 19.5 Å². The third-order valence-electron chi connectivity index (χ3n) is 8.30. The van der Waals surface area contributed by atoms with Gasteiger partial charge in [0.15, 0.2) is 23.1 Å². The molecule has 0 fully saturated rings. The summed E-state index contributed by atoms with van der Waals surface area (Å²) in [7, 11) is 0. The number of ether oxygens (including phenoxy) is 2. The quantitative estimate of drug-likeness (QED) is 0.285. The molecule has 3 aromatic rings. The molecule has 3 aromatic carbocycles. The van der Waals surface area contributed by atoms with Gasteiger partial charge in [0.05, 0.1) is 11.1 Å². The van der Waals surface area contributed by atoms with Gasteiger partial charge in [0.1, 0.15) is 13.2 Å². The van der Waals surface area contributed by atoms with Crippen LogP contribution in [-0.2, 0) is 21.0 Å². The zero-order valence-electron chi connectivity index (χ0n) is 23.5. The smallest absolute Gasteiger partial charge is 0.323 e. The van der Waals surface area contributed by atoms with Crippen LogP contribution in [0.2, 0.25) is 0 Å². The van der Waals surface area contributed by atoms with E-state index in [0.29, 0.717) is 78.9 Å². The molecule has 0 saturated carbocycles. The molecule has 3 aliphatic rings. The summed E-state index contributed by atoms with van der Waals surface area (Å²) >= 11 is 3.71. The van der Waals surface area contributed by atoms with Gasteiger partial charge in [-0.2, -0.15) is 0 Å². The van der Waals surface area contributed by atoms with Gasteiger partial charge in [-0.05, 0) is 82.6 Å². The first-order chi connectivity index (χ1) is 20.4. The molecule has 6 rings (SSSR count). The minimum absolute atomic E-state index is 0.0353. The lowest BCUT2D eigenvalue weighted by Crippen LogP contribution is -2.41. The predicted molar refractivity (Wildman–Crippen MR) is 162 cm³/mol. The van der Waals surface area contributed by atoms with Gasteiger partial charge in [0.2, 0.25) is 0 Å². The number of carboxylic acid groups (broad SMARTS) is 1. The average Bonchev–Trinajstić information content (AvgIpc) is 2.97. The van der Waals surface area contributed by atoms with Crippen molar-refractivity contribution in [3.63, 3.8) is 0 Å². The van der Waals surface area contributed by atoms with Crippen molar-refractivity contribution in [3.8, 4) is 11.5 Å². The minimum atomic E-state index is -0.989. The number of carboxylic acids is 1. The fourth-order valence-corrected chi connectivity index (χ4v) is 7.18. The lowest BCUT2D eigenvalue weighted by atomic mass is 9.71. The molecule has 1 aliphatic heterocycles. The Morgan fingerprint density at radius 2 is 1.60 bits per heavy atom. The number of nitrogens with zero attached hydrogens (tertiary/aromatic N) is 1. The van der Waals surface area contributed by atoms with Crippen molar-refractivity contribution in [2.75, 3.05) is 13.2 Å². The van der Waals surface area contributed by atoms with Crippen molar-refractivity contribution in [3.05, 3.63) is 92.7 Å². The number of ketones is 2. The number of carbonyl (C=O) groups excluding carboxylic acids is 2. The van der Waals surface area contributed by atoms with Crippen molar-refractivity contribution >= 4 is 44.2 Å². The predicted octanol–water partition coefficient (Wildman–Crippen LogP) is 7.08. The second-order valence-electron chi connectivity index (χ2n) is 10.9. The number of halogens is 1. The first-order valence-electron chi connectivity index (χ1n) is 14.4. The molecule has 7 nitrogen and oxygen atoms in total. The topological polar surface area (TPSA) is 93.1 Å². The third kappa shape index (κ3) is 5.13. The maximum absolute atomic E-state index is 13.5. The van der Waals surface area contributed by atoms with Crippen LogP contribution in [0.4, 0.5) is 0 Å². The molecule has 2 aliphatic carbocycles. The molecular weight excluding hydrogens is 598 g/mol. The van der Waals surface area contributed by atoms with Gasteiger partial charge in [0, 0.05) is 41.3 Å². The Bertz CT molecular complexity index is 1620. The lowest BCUT2D eigenvalue weighted by molar-refractivity contribution is -0.138. The molecule has 0 amide bonds. The average molecular weight is 631 g/mol. The molecule has 0 bridgehead atoms. The monoisotopic (exact) mass is 629 g/mol. The first kappa shape index (κ1) is 28.2. The van der Waals surface area contributed by atoms with Gasteiger partial charge in [-0.15, -0.1) is 0 Å². The summed E-state index contributed by atoms with van der Waals surface area (Å²) in [5.74, 6) is -0.574. The molecule has 8 heteroatoms. The molecule has 1 heterocycles. The summed E-state index contributed by atoms with van der Waals surface area (Å²) in [6, 6.07) is 18.1. The van der Waals surface area contributed by atoms with Crippen LogP contribution in [0.1, 0.15) is 62.5 Å². The van der Waals surface area contributed by atoms with Gasteiger partial charge in [-0.25, -0.2) is 0 Å². The number of aliphatic carboxylic acids is 1. The summed E-state index contributed by atoms with van der Waals surface area (Å²) < 4.78 is 13.1. The van der Waals surface area contributed by atoms with E-state index in [1.807, 2.05) is 43.3 Å². The zero-order valence-corrected chi connectivity index (χ0v) is 25.0. The Hall–Kier alpha value is -3.91. The van der Waals surface area contributed by atoms with E-state index in [1.165, 1.54) is 0 Å². The molecule has 216 valence electrons. The number of carbonyl (C=O) groups is 3. The number of hydrogen-bond donors (Lipinski definition) is 1. The van der Waals surface area contributed by atoms with E-state index < -0.39 is 11.9 Å². The highest BCUT2D eigenvalue weighted by Gasteiger charge is 2.44. The molecule has 0 saturated heterocycles. The van der Waals surface area contributed by atoms with Crippen molar-refractivity contribution in [2.24, 2.45) is 0 Å². The fourth-order valence-electron chi connectivity index (χ4n) is 6.60. The molecule has 0 aromatic heterocycles. The molecule has 1 N–H and O–H groups in total.